The minimum atomic E-state index is -0.0738. The van der Waals surface area contributed by atoms with Crippen LogP contribution in [0.2, 0.25) is 0 Å². The molecule has 2 aromatic rings. The first-order valence-corrected chi connectivity index (χ1v) is 10.5. The molecule has 0 atom stereocenters. The van der Waals surface area contributed by atoms with Crippen molar-refractivity contribution in [2.45, 2.75) is 40.5 Å². The number of likely N-dealkylation sites (tertiary alicyclic amines) is 1. The number of nitrogens with one attached hydrogen (secondary N) is 1. The topological polar surface area (TPSA) is 50.2 Å². The summed E-state index contributed by atoms with van der Waals surface area (Å²) in [4.78, 5) is 15.2. The highest BCUT2D eigenvalue weighted by Gasteiger charge is 2.21. The van der Waals surface area contributed by atoms with Crippen molar-refractivity contribution in [1.29, 1.82) is 0 Å². The van der Waals surface area contributed by atoms with E-state index in [-0.39, 0.29) is 5.91 Å². The molecule has 1 aliphatic heterocycles. The third-order valence-electron chi connectivity index (χ3n) is 5.80. The van der Waals surface area contributed by atoms with E-state index in [2.05, 4.69) is 61.2 Å². The monoisotopic (exact) mass is 382 g/mol. The minimum Gasteiger partial charge on any atom is -0.350 e. The van der Waals surface area contributed by atoms with Gasteiger partial charge in [0.1, 0.15) is 0 Å². The summed E-state index contributed by atoms with van der Waals surface area (Å²) in [5.74, 6) is 1.21. The Hall–Kier alpha value is -2.14. The van der Waals surface area contributed by atoms with Crippen LogP contribution in [0.15, 0.2) is 24.3 Å². The van der Waals surface area contributed by atoms with Gasteiger partial charge in [0, 0.05) is 25.7 Å². The van der Waals surface area contributed by atoms with Crippen molar-refractivity contribution in [3.05, 3.63) is 41.1 Å². The molecule has 1 aromatic carbocycles. The van der Waals surface area contributed by atoms with Gasteiger partial charge in [-0.15, -0.1) is 0 Å². The summed E-state index contributed by atoms with van der Waals surface area (Å²) in [6.45, 7) is 12.9. The van der Waals surface area contributed by atoms with E-state index < -0.39 is 0 Å². The van der Waals surface area contributed by atoms with Gasteiger partial charge in [-0.2, -0.15) is 5.10 Å². The standard InChI is InChI=1S/C23H34N4O/c1-16(2)15-27-10-8-19(9-11-27)14-24-23(28)21-13-22(26(5)25-21)20-7-6-17(3)18(4)12-20/h6-7,12-13,16,19H,8-11,14-15H2,1-5H3,(H,24,28). The first-order chi connectivity index (χ1) is 13.3. The van der Waals surface area contributed by atoms with Gasteiger partial charge < -0.3 is 10.2 Å². The molecule has 1 amide bonds. The lowest BCUT2D eigenvalue weighted by molar-refractivity contribution is 0.0929. The maximum atomic E-state index is 12.6. The van der Waals surface area contributed by atoms with Crippen LogP contribution >= 0.6 is 0 Å². The second-order valence-corrected chi connectivity index (χ2v) is 8.69. The Morgan fingerprint density at radius 3 is 2.54 bits per heavy atom. The highest BCUT2D eigenvalue weighted by molar-refractivity contribution is 5.93. The predicted molar refractivity (Wildman–Crippen MR) is 114 cm³/mol. The normalized spacial score (nSPS) is 15.9. The van der Waals surface area contributed by atoms with Crippen molar-refractivity contribution < 1.29 is 4.79 Å². The van der Waals surface area contributed by atoms with Gasteiger partial charge in [-0.3, -0.25) is 9.48 Å². The lowest BCUT2D eigenvalue weighted by atomic mass is 9.96. The van der Waals surface area contributed by atoms with Crippen molar-refractivity contribution in [2.75, 3.05) is 26.2 Å². The molecule has 0 bridgehead atoms. The number of hydrogen-bond acceptors (Lipinski definition) is 3. The maximum Gasteiger partial charge on any atom is 0.271 e. The Kier molecular flexibility index (Phi) is 6.55. The first kappa shape index (κ1) is 20.6. The van der Waals surface area contributed by atoms with Crippen LogP contribution in [0, 0.1) is 25.7 Å². The predicted octanol–water partition coefficient (Wildman–Crippen LogP) is 3.80. The van der Waals surface area contributed by atoms with Crippen LogP contribution in [0.5, 0.6) is 0 Å². The van der Waals surface area contributed by atoms with Gasteiger partial charge in [-0.05, 0) is 74.9 Å². The average molecular weight is 383 g/mol. The molecular formula is C23H34N4O. The van der Waals surface area contributed by atoms with Gasteiger partial charge in [0.05, 0.1) is 5.69 Å². The zero-order valence-electron chi connectivity index (χ0n) is 18.0. The summed E-state index contributed by atoms with van der Waals surface area (Å²) in [6.07, 6.45) is 2.31. The highest BCUT2D eigenvalue weighted by Crippen LogP contribution is 2.23. The molecule has 0 saturated carbocycles. The maximum absolute atomic E-state index is 12.6. The molecule has 1 aromatic heterocycles. The van der Waals surface area contributed by atoms with Crippen molar-refractivity contribution in [1.82, 2.24) is 20.0 Å². The van der Waals surface area contributed by atoms with E-state index >= 15 is 0 Å². The van der Waals surface area contributed by atoms with Gasteiger partial charge in [0.2, 0.25) is 0 Å². The Morgan fingerprint density at radius 2 is 1.89 bits per heavy atom. The van der Waals surface area contributed by atoms with Crippen LogP contribution in [-0.2, 0) is 7.05 Å². The van der Waals surface area contributed by atoms with Crippen LogP contribution < -0.4 is 5.32 Å². The number of rotatable bonds is 6. The summed E-state index contributed by atoms with van der Waals surface area (Å²) in [7, 11) is 1.89. The molecule has 0 aliphatic carbocycles. The van der Waals surface area contributed by atoms with E-state index in [1.165, 1.54) is 17.7 Å². The van der Waals surface area contributed by atoms with Gasteiger partial charge in [-0.1, -0.05) is 26.0 Å². The fourth-order valence-electron chi connectivity index (χ4n) is 3.97. The Labute approximate surface area is 169 Å². The van der Waals surface area contributed by atoms with Crippen LogP contribution in [0.3, 0.4) is 0 Å². The van der Waals surface area contributed by atoms with Gasteiger partial charge in [-0.25, -0.2) is 0 Å². The Morgan fingerprint density at radius 1 is 1.18 bits per heavy atom. The summed E-state index contributed by atoms with van der Waals surface area (Å²) in [6, 6.07) is 8.25. The fraction of sp³-hybridized carbons (Fsp3) is 0.565. The molecule has 0 radical (unpaired) electrons. The molecular weight excluding hydrogens is 348 g/mol. The Bertz CT molecular complexity index is 816. The second-order valence-electron chi connectivity index (χ2n) is 8.69. The van der Waals surface area contributed by atoms with E-state index in [4.69, 9.17) is 0 Å². The largest absolute Gasteiger partial charge is 0.350 e. The molecule has 2 heterocycles. The van der Waals surface area contributed by atoms with Crippen molar-refractivity contribution in [2.24, 2.45) is 18.9 Å². The lowest BCUT2D eigenvalue weighted by Crippen LogP contribution is -2.40. The average Bonchev–Trinajstić information content (AvgIpc) is 3.04. The van der Waals surface area contributed by atoms with Gasteiger partial charge in [0.15, 0.2) is 5.69 Å². The van der Waals surface area contributed by atoms with E-state index in [1.807, 2.05) is 13.1 Å². The molecule has 5 heteroatoms. The molecule has 0 spiro atoms. The number of aryl methyl sites for hydroxylation is 3. The van der Waals surface area contributed by atoms with Crippen LogP contribution in [0.4, 0.5) is 0 Å². The van der Waals surface area contributed by atoms with Crippen molar-refractivity contribution in [3.63, 3.8) is 0 Å². The van der Waals surface area contributed by atoms with Crippen molar-refractivity contribution >= 4 is 5.91 Å². The SMILES string of the molecule is Cc1ccc(-c2cc(C(=O)NCC3CCN(CC(C)C)CC3)nn2C)cc1C. The number of piperidine rings is 1. The number of hydrogen-bond donors (Lipinski definition) is 1. The van der Waals surface area contributed by atoms with E-state index in [9.17, 15) is 4.79 Å². The minimum absolute atomic E-state index is 0.0738. The van der Waals surface area contributed by atoms with E-state index in [1.54, 1.807) is 4.68 Å². The summed E-state index contributed by atoms with van der Waals surface area (Å²) in [5.41, 5.74) is 5.06. The third-order valence-corrected chi connectivity index (χ3v) is 5.80. The van der Waals surface area contributed by atoms with E-state index in [0.29, 0.717) is 17.5 Å². The number of amides is 1. The molecule has 1 aliphatic rings. The highest BCUT2D eigenvalue weighted by atomic mass is 16.1. The fourth-order valence-corrected chi connectivity index (χ4v) is 3.97. The Balaban J connectivity index is 1.56. The van der Waals surface area contributed by atoms with Crippen LogP contribution in [-0.4, -0.2) is 46.8 Å². The smallest absolute Gasteiger partial charge is 0.271 e. The number of carbonyl (C=O) groups is 1. The molecule has 5 nitrogen and oxygen atoms in total. The molecule has 28 heavy (non-hydrogen) atoms. The third kappa shape index (κ3) is 5.02. The lowest BCUT2D eigenvalue weighted by Gasteiger charge is -2.32. The molecule has 1 N–H and O–H groups in total. The summed E-state index contributed by atoms with van der Waals surface area (Å²) >= 11 is 0. The van der Waals surface area contributed by atoms with Gasteiger partial charge in [0.25, 0.3) is 5.91 Å². The molecule has 3 rings (SSSR count). The van der Waals surface area contributed by atoms with Crippen LogP contribution in [0.25, 0.3) is 11.3 Å². The summed E-state index contributed by atoms with van der Waals surface area (Å²) in [5, 5.41) is 7.55. The zero-order chi connectivity index (χ0) is 20.3. The molecule has 1 fully saturated rings. The molecule has 0 unspecified atom stereocenters. The number of carbonyl (C=O) groups excluding carboxylic acids is 1. The van der Waals surface area contributed by atoms with Gasteiger partial charge >= 0.3 is 0 Å². The quantitative estimate of drug-likeness (QED) is 0.827. The summed E-state index contributed by atoms with van der Waals surface area (Å²) < 4.78 is 1.80. The molecule has 152 valence electrons. The second kappa shape index (κ2) is 8.91. The zero-order valence-corrected chi connectivity index (χ0v) is 18.0. The number of nitrogens with zero attached hydrogens (tertiary/aromatic N) is 3. The van der Waals surface area contributed by atoms with Crippen molar-refractivity contribution in [3.8, 4) is 11.3 Å². The van der Waals surface area contributed by atoms with Crippen LogP contribution in [0.1, 0.15) is 48.3 Å². The number of aromatic nitrogens is 2. The molecule has 1 saturated heterocycles. The van der Waals surface area contributed by atoms with E-state index in [0.717, 1.165) is 43.7 Å². The number of benzene rings is 1. The first-order valence-electron chi connectivity index (χ1n) is 10.5.